The topological polar surface area (TPSA) is 83.5 Å². The van der Waals surface area contributed by atoms with Gasteiger partial charge in [0, 0.05) is 72.6 Å². The number of benzene rings is 8. The van der Waals surface area contributed by atoms with Crippen molar-refractivity contribution < 1.29 is 89.0 Å². The third-order valence-electron chi connectivity index (χ3n) is 13.8. The first-order valence-corrected chi connectivity index (χ1v) is 28.8. The molecule has 0 atom stereocenters. The fraction of sp³-hybridized carbons (Fsp3) is 0.300. The maximum atomic E-state index is 14.5. The largest absolute Gasteiger partial charge is 1.00 e. The maximum Gasteiger partial charge on any atom is 1.00 e. The second-order valence-corrected chi connectivity index (χ2v) is 20.4. The Morgan fingerprint density at radius 1 is 0.391 bits per heavy atom. The van der Waals surface area contributed by atoms with E-state index in [4.69, 9.17) is 23.7 Å². The summed E-state index contributed by atoms with van der Waals surface area (Å²) < 4.78 is 138. The van der Waals surface area contributed by atoms with Crippen LogP contribution in [0.3, 0.4) is 0 Å². The molecule has 7 nitrogen and oxygen atoms in total. The van der Waals surface area contributed by atoms with Crippen LogP contribution in [0.5, 0.6) is 23.0 Å². The molecule has 1 saturated heterocycles. The molecule has 1 aliphatic rings. The summed E-state index contributed by atoms with van der Waals surface area (Å²) in [6.45, 7) is 3.55. The summed E-state index contributed by atoms with van der Waals surface area (Å²) in [5.41, 5.74) is 3.86. The minimum absolute atomic E-state index is 0. The van der Waals surface area contributed by atoms with Gasteiger partial charge in [0.2, 0.25) is 0 Å². The van der Waals surface area contributed by atoms with Crippen molar-refractivity contribution in [1.82, 2.24) is 0 Å². The van der Waals surface area contributed by atoms with Crippen molar-refractivity contribution in [3.63, 3.8) is 0 Å². The van der Waals surface area contributed by atoms with Crippen LogP contribution in [0.2, 0.25) is 0 Å². The van der Waals surface area contributed by atoms with Crippen molar-refractivity contribution in [3.05, 3.63) is 216 Å². The van der Waals surface area contributed by atoms with Crippen molar-refractivity contribution >= 4 is 23.1 Å². The number of hydrogen-bond acceptors (Lipinski definition) is 7. The van der Waals surface area contributed by atoms with Gasteiger partial charge in [-0.05, 0) is 196 Å². The average molecular weight is 1210 g/mol. The Morgan fingerprint density at radius 2 is 0.644 bits per heavy atom. The maximum absolute atomic E-state index is 14.5. The zero-order valence-corrected chi connectivity index (χ0v) is 48.3. The van der Waals surface area contributed by atoms with Crippen LogP contribution < -0.4 is 37.8 Å². The Bertz CT molecular complexity index is 3090. The third-order valence-corrected chi connectivity index (χ3v) is 13.8. The normalized spacial score (nSPS) is 11.5. The van der Waals surface area contributed by atoms with E-state index < -0.39 is 29.4 Å². The quantitative estimate of drug-likeness (QED) is 0.0297. The van der Waals surface area contributed by atoms with Crippen LogP contribution >= 0.6 is 0 Å². The van der Waals surface area contributed by atoms with E-state index in [1.165, 1.54) is 134 Å². The second-order valence-electron chi connectivity index (χ2n) is 20.4. The van der Waals surface area contributed by atoms with Crippen LogP contribution in [-0.2, 0) is 9.53 Å². The summed E-state index contributed by atoms with van der Waals surface area (Å²) in [6.07, 6.45) is 9.94. The van der Waals surface area contributed by atoms with Gasteiger partial charge in [0.15, 0.2) is 17.4 Å². The van der Waals surface area contributed by atoms with Crippen LogP contribution in [0.25, 0.3) is 44.5 Å². The number of rotatable bonds is 28. The van der Waals surface area contributed by atoms with Gasteiger partial charge in [0.05, 0.1) is 32.5 Å². The molecule has 0 radical (unpaired) electrons. The van der Waals surface area contributed by atoms with Crippen LogP contribution in [0.4, 0.5) is 35.1 Å². The van der Waals surface area contributed by atoms with E-state index in [1.54, 1.807) is 48.5 Å². The number of aliphatic hydroxyl groups is 1. The molecular weight excluding hydrogens is 1140 g/mol. The zero-order valence-electron chi connectivity index (χ0n) is 49.3. The van der Waals surface area contributed by atoms with Crippen molar-refractivity contribution in [2.75, 3.05) is 39.6 Å². The molecule has 0 amide bonds. The summed E-state index contributed by atoms with van der Waals surface area (Å²) in [5.74, 6) is -1.45. The summed E-state index contributed by atoms with van der Waals surface area (Å²) in [6, 6.07) is 41.0. The number of halogens is 8. The van der Waals surface area contributed by atoms with Crippen molar-refractivity contribution in [2.24, 2.45) is 0 Å². The summed E-state index contributed by atoms with van der Waals surface area (Å²) in [7, 11) is 0. The van der Waals surface area contributed by atoms with Gasteiger partial charge in [-0.25, -0.2) is 35.1 Å². The molecule has 0 spiro atoms. The fourth-order valence-corrected chi connectivity index (χ4v) is 9.15. The first kappa shape index (κ1) is 70.9. The Labute approximate surface area is 528 Å². The van der Waals surface area contributed by atoms with Gasteiger partial charge in [0.1, 0.15) is 75.3 Å². The molecule has 87 heavy (non-hydrogen) atoms. The number of Topliss-reactive ketones (excluding diaryl/α,β-unsaturated/α-hetero) is 1. The molecule has 1 fully saturated rings. The molecule has 8 aromatic rings. The molecule has 1 heterocycles. The van der Waals surface area contributed by atoms with Gasteiger partial charge in [-0.3, -0.25) is 4.79 Å². The van der Waals surface area contributed by atoms with E-state index in [1.807, 2.05) is 0 Å². The van der Waals surface area contributed by atoms with E-state index in [0.29, 0.717) is 145 Å². The monoisotopic (exact) mass is 1210 g/mol. The van der Waals surface area contributed by atoms with Gasteiger partial charge < -0.3 is 30.2 Å². The molecule has 17 heteroatoms. The molecular formula is C70H74AlF8LiO7. The van der Waals surface area contributed by atoms with Gasteiger partial charge in [-0.1, -0.05) is 48.5 Å². The number of unbranched alkanes of at least 4 members (excludes halogenated alkanes) is 4. The Morgan fingerprint density at radius 3 is 0.874 bits per heavy atom. The summed E-state index contributed by atoms with van der Waals surface area (Å²) in [5, 5.41) is 10.2. The molecule has 9 rings (SSSR count). The third kappa shape index (κ3) is 24.7. The second kappa shape index (κ2) is 38.4. The fourth-order valence-electron chi connectivity index (χ4n) is 9.15. The number of ether oxygens (including phenoxy) is 5. The van der Waals surface area contributed by atoms with Gasteiger partial charge in [-0.2, -0.15) is 0 Å². The van der Waals surface area contributed by atoms with E-state index in [-0.39, 0.29) is 66.7 Å². The summed E-state index contributed by atoms with van der Waals surface area (Å²) in [4.78, 5) is 12.2. The zero-order chi connectivity index (χ0) is 60.2. The molecule has 1 N–H and O–H groups in total. The van der Waals surface area contributed by atoms with Crippen molar-refractivity contribution in [1.29, 1.82) is 0 Å². The Hall–Kier alpha value is -6.88. The Balaban J connectivity index is 0.000000337. The SMILES string of the molecule is C1CCOC1.O=C(CCCCOc1ccc(-c2ccc(F)cc2)c(F)c1)CCCCOc1ccc(-c2ccc(F)cc2)c(F)c1.OC(CCCCOc1ccc(-c2ccc(F)cc2)c(F)c1)CCCCOc1ccc(-c2ccc(F)cc2)c(F)c1.[AlH3].[H-].[Li+]. The van der Waals surface area contributed by atoms with Gasteiger partial charge in [0.25, 0.3) is 0 Å². The summed E-state index contributed by atoms with van der Waals surface area (Å²) >= 11 is 0. The first-order valence-electron chi connectivity index (χ1n) is 28.8. The predicted molar refractivity (Wildman–Crippen MR) is 327 cm³/mol. The molecule has 8 aromatic carbocycles. The Kier molecular flexibility index (Phi) is 31.3. The molecule has 0 aliphatic carbocycles. The molecule has 456 valence electrons. The van der Waals surface area contributed by atoms with E-state index in [0.717, 1.165) is 38.9 Å². The van der Waals surface area contributed by atoms with E-state index in [2.05, 4.69) is 0 Å². The minimum Gasteiger partial charge on any atom is -1.00 e. The van der Waals surface area contributed by atoms with Crippen LogP contribution in [0.15, 0.2) is 170 Å². The van der Waals surface area contributed by atoms with E-state index in [9.17, 15) is 45.0 Å². The minimum atomic E-state index is -0.449. The molecule has 0 bridgehead atoms. The molecule has 1 aliphatic heterocycles. The number of aliphatic hydroxyl groups excluding tert-OH is 1. The molecule has 0 aromatic heterocycles. The molecule has 0 unspecified atom stereocenters. The number of carbonyl (C=O) groups excluding carboxylic acids is 1. The van der Waals surface area contributed by atoms with Crippen molar-refractivity contribution in [3.8, 4) is 67.5 Å². The van der Waals surface area contributed by atoms with Gasteiger partial charge >= 0.3 is 18.9 Å². The van der Waals surface area contributed by atoms with Crippen LogP contribution in [0.1, 0.15) is 91.3 Å². The predicted octanol–water partition coefficient (Wildman–Crippen LogP) is 14.4. The standard InChI is InChI=1S/C33H32F4O3.C33H30F4O3.C4H8O.Al.Li.4H/c2*34-25-11-7-23(8-12-25)30-17-15-28(21-32(30)36)39-19-3-1-5-27(38)6-2-4-20-40-29-16-18-31(33(37)22-29)24-9-13-26(35)14-10-24;1-2-4-5-3-1;;;;;;/h7-18,21-22,27,38H,1-6,19-20H2;7-18,21-22H,1-6,19-20H2;1-4H2;;;;;;/q;;;;+1;;;;-1. The van der Waals surface area contributed by atoms with Crippen LogP contribution in [0, 0.1) is 46.5 Å². The number of ketones is 1. The van der Waals surface area contributed by atoms with E-state index >= 15 is 0 Å². The number of hydrogen-bond donors (Lipinski definition) is 1. The first-order chi connectivity index (χ1) is 41.3. The molecule has 0 saturated carbocycles. The van der Waals surface area contributed by atoms with Crippen LogP contribution in [-0.4, -0.2) is 74.0 Å². The smallest absolute Gasteiger partial charge is 1.00 e. The number of carbonyl (C=O) groups is 1. The van der Waals surface area contributed by atoms with Gasteiger partial charge in [-0.15, -0.1) is 0 Å². The average Bonchev–Trinajstić information content (AvgIpc) is 4.00. The van der Waals surface area contributed by atoms with Crippen molar-refractivity contribution in [2.45, 2.75) is 96.0 Å².